The summed E-state index contributed by atoms with van der Waals surface area (Å²) >= 11 is -0.992. The standard InChI is InChI=1S/C32H24.ClH.Zr/c1-3-11-23(12-4-1)31-27(21-25-15-7-9-17-29(25)31)19-20-28-22-26-16-8-10-18-30(26)32(28)24-13-5-2-6-14-24;;/h1-11,13,15-18,21-22,31-32H,19-20H2;1H;/q;;+1/p-1. The van der Waals surface area contributed by atoms with Gasteiger partial charge in [0.2, 0.25) is 0 Å². The number of fused-ring (bicyclic) bond motifs is 10. The van der Waals surface area contributed by atoms with Crippen LogP contribution in [0, 0.1) is 0 Å². The van der Waals surface area contributed by atoms with Crippen molar-refractivity contribution in [2.75, 3.05) is 0 Å². The molecule has 0 nitrogen and oxygen atoms in total. The molecule has 2 atom stereocenters. The monoisotopic (exact) mass is 533 g/mol. The number of rotatable bonds is 0. The molecule has 2 unspecified atom stereocenters. The van der Waals surface area contributed by atoms with Crippen LogP contribution in [-0.4, -0.2) is 0 Å². The fourth-order valence-electron chi connectivity index (χ4n) is 6.10. The normalized spacial score (nSPS) is 19.1. The second-order valence-electron chi connectivity index (χ2n) is 9.36. The van der Waals surface area contributed by atoms with E-state index in [1.165, 1.54) is 22.3 Å². The van der Waals surface area contributed by atoms with E-state index in [9.17, 15) is 0 Å². The molecule has 0 spiro atoms. The number of allylic oxidation sites excluding steroid dienone is 2. The van der Waals surface area contributed by atoms with Gasteiger partial charge < -0.3 is 12.4 Å². The van der Waals surface area contributed by atoms with Crippen LogP contribution < -0.4 is 18.9 Å². The van der Waals surface area contributed by atoms with Crippen molar-refractivity contribution < 1.29 is 35.6 Å². The minimum absolute atomic E-state index is 0. The summed E-state index contributed by atoms with van der Waals surface area (Å²) in [7, 11) is 0. The third-order valence-electron chi connectivity index (χ3n) is 7.55. The van der Waals surface area contributed by atoms with Crippen molar-refractivity contribution in [2.24, 2.45) is 0 Å². The molecule has 163 valence electrons. The minimum atomic E-state index is -0.992. The van der Waals surface area contributed by atoms with E-state index in [-0.39, 0.29) is 12.4 Å². The Hall–Kier alpha value is -2.47. The van der Waals surface area contributed by atoms with Gasteiger partial charge in [0, 0.05) is 0 Å². The Balaban J connectivity index is 0.00000217. The van der Waals surface area contributed by atoms with E-state index in [4.69, 9.17) is 0 Å². The quantitative estimate of drug-likeness (QED) is 0.323. The predicted octanol–water partition coefficient (Wildman–Crippen LogP) is 3.58. The van der Waals surface area contributed by atoms with Crippen LogP contribution in [0.1, 0.15) is 58.1 Å². The van der Waals surface area contributed by atoms with Crippen molar-refractivity contribution in [2.45, 2.75) is 24.7 Å². The maximum absolute atomic E-state index is 2.49. The van der Waals surface area contributed by atoms with E-state index in [1.54, 1.807) is 28.8 Å². The van der Waals surface area contributed by atoms with Crippen LogP contribution in [0.25, 0.3) is 12.2 Å². The molecule has 0 amide bonds. The van der Waals surface area contributed by atoms with Crippen molar-refractivity contribution in [1.29, 1.82) is 0 Å². The molecule has 4 aromatic carbocycles. The van der Waals surface area contributed by atoms with Crippen molar-refractivity contribution in [3.63, 3.8) is 0 Å². The van der Waals surface area contributed by atoms with E-state index in [1.807, 2.05) is 0 Å². The second kappa shape index (κ2) is 8.96. The van der Waals surface area contributed by atoms with Crippen LogP contribution in [0.2, 0.25) is 0 Å². The molecule has 3 aliphatic rings. The summed E-state index contributed by atoms with van der Waals surface area (Å²) in [6.45, 7) is 0. The maximum atomic E-state index is 2.49. The Labute approximate surface area is 219 Å². The number of benzene rings is 4. The maximum Gasteiger partial charge on any atom is -1.00 e. The molecule has 1 aliphatic heterocycles. The molecular formula is C32H24ClZr. The van der Waals surface area contributed by atoms with Crippen molar-refractivity contribution in [3.8, 4) is 0 Å². The summed E-state index contributed by atoms with van der Waals surface area (Å²) < 4.78 is 3.25. The van der Waals surface area contributed by atoms with E-state index in [0.717, 1.165) is 12.8 Å². The van der Waals surface area contributed by atoms with Gasteiger partial charge in [0.25, 0.3) is 0 Å². The molecule has 0 aromatic heterocycles. The van der Waals surface area contributed by atoms with Gasteiger partial charge in [-0.1, -0.05) is 0 Å². The molecular weight excluding hydrogens is 511 g/mol. The number of hydrogen-bond donors (Lipinski definition) is 0. The van der Waals surface area contributed by atoms with Crippen molar-refractivity contribution in [1.82, 2.24) is 0 Å². The Morgan fingerprint density at radius 3 is 1.32 bits per heavy atom. The van der Waals surface area contributed by atoms with Crippen molar-refractivity contribution >= 4 is 18.7 Å². The summed E-state index contributed by atoms with van der Waals surface area (Å²) in [5, 5.41) is 0. The molecule has 0 bridgehead atoms. The largest absolute Gasteiger partial charge is 1.00 e. The number of halogens is 1. The molecule has 2 heteroatoms. The summed E-state index contributed by atoms with van der Waals surface area (Å²) in [6.07, 6.45) is 7.23. The molecule has 7 rings (SSSR count). The van der Waals surface area contributed by atoms with Gasteiger partial charge >= 0.3 is 208 Å². The van der Waals surface area contributed by atoms with Crippen LogP contribution in [-0.2, 0) is 23.2 Å². The average molecular weight is 535 g/mol. The number of hydrogen-bond acceptors (Lipinski definition) is 0. The van der Waals surface area contributed by atoms with E-state index in [0.29, 0.717) is 11.8 Å². The van der Waals surface area contributed by atoms with Crippen LogP contribution in [0.4, 0.5) is 0 Å². The first-order valence-electron chi connectivity index (χ1n) is 11.9. The van der Waals surface area contributed by atoms with Gasteiger partial charge in [-0.25, -0.2) is 0 Å². The third-order valence-corrected chi connectivity index (χ3v) is 11.1. The van der Waals surface area contributed by atoms with Gasteiger partial charge in [-0.15, -0.1) is 0 Å². The van der Waals surface area contributed by atoms with Crippen molar-refractivity contribution in [3.05, 3.63) is 142 Å². The zero-order chi connectivity index (χ0) is 21.8. The van der Waals surface area contributed by atoms with Gasteiger partial charge in [-0.2, -0.15) is 0 Å². The van der Waals surface area contributed by atoms with Gasteiger partial charge in [0.05, 0.1) is 0 Å². The van der Waals surface area contributed by atoms with Gasteiger partial charge in [0.15, 0.2) is 0 Å². The summed E-state index contributed by atoms with van der Waals surface area (Å²) in [4.78, 5) is 0. The SMILES string of the molecule is C1=C2CCC3=Cc4ccccc4C3c3cccc[c]3[Zr+][c]3ccccc3C2c2ccccc21.[Cl-]. The van der Waals surface area contributed by atoms with E-state index >= 15 is 0 Å². The first-order chi connectivity index (χ1) is 16.4. The average Bonchev–Trinajstić information content (AvgIpc) is 3.41. The Morgan fingerprint density at radius 2 is 0.853 bits per heavy atom. The first-order valence-corrected chi connectivity index (χ1v) is 14.4. The molecule has 0 saturated carbocycles. The van der Waals surface area contributed by atoms with E-state index < -0.39 is 23.2 Å². The van der Waals surface area contributed by atoms with Crippen LogP contribution in [0.5, 0.6) is 0 Å². The molecule has 1 heterocycles. The molecule has 0 radical (unpaired) electrons. The smallest absolute Gasteiger partial charge is 1.00 e. The first kappa shape index (κ1) is 22.0. The summed E-state index contributed by atoms with van der Waals surface area (Å²) in [5.41, 5.74) is 12.1. The summed E-state index contributed by atoms with van der Waals surface area (Å²) in [5.74, 6) is 0.817. The Morgan fingerprint density at radius 1 is 0.471 bits per heavy atom. The van der Waals surface area contributed by atoms with E-state index in [2.05, 4.69) is 109 Å². The van der Waals surface area contributed by atoms with Gasteiger partial charge in [0.1, 0.15) is 0 Å². The molecule has 0 N–H and O–H groups in total. The summed E-state index contributed by atoms with van der Waals surface area (Å²) in [6, 6.07) is 36.8. The predicted molar refractivity (Wildman–Crippen MR) is 134 cm³/mol. The van der Waals surface area contributed by atoms with Gasteiger partial charge in [-0.3, -0.25) is 0 Å². The molecule has 2 aliphatic carbocycles. The second-order valence-corrected chi connectivity index (χ2v) is 12.6. The molecule has 34 heavy (non-hydrogen) atoms. The topological polar surface area (TPSA) is 0 Å². The third kappa shape index (κ3) is 3.53. The fourth-order valence-corrected chi connectivity index (χ4v) is 9.53. The zero-order valence-electron chi connectivity index (χ0n) is 18.8. The molecule has 0 fully saturated rings. The molecule has 0 saturated heterocycles. The zero-order valence-corrected chi connectivity index (χ0v) is 22.1. The van der Waals surface area contributed by atoms with Crippen LogP contribution >= 0.6 is 0 Å². The Bertz CT molecular complexity index is 1350. The minimum Gasteiger partial charge on any atom is -1.00 e. The fraction of sp³-hybridized carbons (Fsp3) is 0.125. The van der Waals surface area contributed by atoms with Crippen LogP contribution in [0.3, 0.4) is 0 Å². The molecule has 4 aromatic rings. The Kier molecular flexibility index (Phi) is 5.80. The van der Waals surface area contributed by atoms with Gasteiger partial charge in [-0.05, 0) is 0 Å². The van der Waals surface area contributed by atoms with Crippen LogP contribution in [0.15, 0.2) is 108 Å².